The first-order chi connectivity index (χ1) is 12.9. The van der Waals surface area contributed by atoms with E-state index in [2.05, 4.69) is 20.8 Å². The largest absolute Gasteiger partial charge is 0.532 e. The number of rotatable bonds is 5. The monoisotopic (exact) mass is 375 g/mol. The Balaban J connectivity index is 2.16. The number of aromatic carboxylic acids is 1. The maximum Gasteiger partial charge on any atom is 0.352 e. The zero-order valence-corrected chi connectivity index (χ0v) is 16.8. The van der Waals surface area contributed by atoms with Crippen molar-refractivity contribution in [1.82, 2.24) is 0 Å². The lowest BCUT2D eigenvalue weighted by molar-refractivity contribution is 0.0694. The van der Waals surface area contributed by atoms with Gasteiger partial charge in [-0.3, -0.25) is 0 Å². The van der Waals surface area contributed by atoms with Crippen molar-refractivity contribution < 1.29 is 14.3 Å². The highest BCUT2D eigenvalue weighted by Gasteiger charge is 2.29. The van der Waals surface area contributed by atoms with Crippen LogP contribution in [-0.4, -0.2) is 20.1 Å². The van der Waals surface area contributed by atoms with Crippen LogP contribution in [0.5, 0.6) is 5.75 Å². The zero-order valence-electron chi connectivity index (χ0n) is 15.8. The van der Waals surface area contributed by atoms with Gasteiger partial charge in [0, 0.05) is 0 Å². The SMILES string of the molecule is CC(C)(C)c1cccc(C(=O)O)c1O[Si](c1ccccc1)c1ccccc1. The van der Waals surface area contributed by atoms with Gasteiger partial charge in [-0.05, 0) is 27.4 Å². The van der Waals surface area contributed by atoms with Crippen molar-refractivity contribution >= 4 is 25.4 Å². The fraction of sp³-hybridized carbons (Fsp3) is 0.174. The van der Waals surface area contributed by atoms with Gasteiger partial charge in [-0.15, -0.1) is 0 Å². The summed E-state index contributed by atoms with van der Waals surface area (Å²) in [5, 5.41) is 11.9. The summed E-state index contributed by atoms with van der Waals surface area (Å²) in [5.41, 5.74) is 0.870. The van der Waals surface area contributed by atoms with E-state index in [1.165, 1.54) is 0 Å². The van der Waals surface area contributed by atoms with E-state index >= 15 is 0 Å². The molecule has 0 atom stereocenters. The van der Waals surface area contributed by atoms with E-state index in [-0.39, 0.29) is 11.0 Å². The number of carboxylic acid groups (broad SMARTS) is 1. The average Bonchev–Trinajstić information content (AvgIpc) is 2.66. The Kier molecular flexibility index (Phi) is 5.47. The summed E-state index contributed by atoms with van der Waals surface area (Å²) in [4.78, 5) is 11.9. The highest BCUT2D eigenvalue weighted by molar-refractivity contribution is 6.80. The Bertz CT molecular complexity index is 876. The van der Waals surface area contributed by atoms with E-state index < -0.39 is 15.0 Å². The van der Waals surface area contributed by atoms with Crippen molar-refractivity contribution in [3.63, 3.8) is 0 Å². The van der Waals surface area contributed by atoms with Gasteiger partial charge in [0.25, 0.3) is 0 Å². The second kappa shape index (κ2) is 7.80. The average molecular weight is 376 g/mol. The molecule has 0 amide bonds. The quantitative estimate of drug-likeness (QED) is 0.689. The third-order valence-corrected chi connectivity index (χ3v) is 6.45. The van der Waals surface area contributed by atoms with Crippen molar-refractivity contribution in [2.75, 3.05) is 0 Å². The number of carbonyl (C=O) groups is 1. The summed E-state index contributed by atoms with van der Waals surface area (Å²) in [6.45, 7) is 6.20. The van der Waals surface area contributed by atoms with Gasteiger partial charge in [-0.25, -0.2) is 4.79 Å². The maximum absolute atomic E-state index is 11.9. The molecule has 0 unspecified atom stereocenters. The summed E-state index contributed by atoms with van der Waals surface area (Å²) < 4.78 is 6.56. The van der Waals surface area contributed by atoms with Crippen molar-refractivity contribution in [2.24, 2.45) is 0 Å². The fourth-order valence-electron chi connectivity index (χ4n) is 2.97. The minimum absolute atomic E-state index is 0.205. The molecule has 0 bridgehead atoms. The standard InChI is InChI=1S/C23H23O3Si/c1-23(2,3)20-16-10-15-19(22(24)25)21(20)26-27(17-11-6-4-7-12-17)18-13-8-5-9-14-18/h4-16H,1-3H3,(H,24,25). The number of hydrogen-bond donors (Lipinski definition) is 1. The third-order valence-electron chi connectivity index (χ3n) is 4.33. The van der Waals surface area contributed by atoms with Crippen LogP contribution >= 0.6 is 0 Å². The lowest BCUT2D eigenvalue weighted by atomic mass is 9.85. The highest BCUT2D eigenvalue weighted by Crippen LogP contribution is 2.34. The first-order valence-corrected chi connectivity index (χ1v) is 10.3. The first-order valence-electron chi connectivity index (χ1n) is 8.90. The molecule has 137 valence electrons. The summed E-state index contributed by atoms with van der Waals surface area (Å²) in [6, 6.07) is 25.4. The Morgan fingerprint density at radius 2 is 1.33 bits per heavy atom. The maximum atomic E-state index is 11.9. The molecule has 27 heavy (non-hydrogen) atoms. The molecule has 1 radical (unpaired) electrons. The van der Waals surface area contributed by atoms with E-state index in [9.17, 15) is 9.90 Å². The van der Waals surface area contributed by atoms with Crippen molar-refractivity contribution in [3.05, 3.63) is 90.0 Å². The van der Waals surface area contributed by atoms with E-state index in [1.807, 2.05) is 66.7 Å². The van der Waals surface area contributed by atoms with Gasteiger partial charge in [0.2, 0.25) is 0 Å². The smallest absolute Gasteiger partial charge is 0.352 e. The summed E-state index contributed by atoms with van der Waals surface area (Å²) in [6.07, 6.45) is 0. The molecule has 4 heteroatoms. The van der Waals surface area contributed by atoms with Crippen LogP contribution in [-0.2, 0) is 5.41 Å². The Hall–Kier alpha value is -2.85. The number of carboxylic acids is 1. The zero-order chi connectivity index (χ0) is 19.4. The van der Waals surface area contributed by atoms with Gasteiger partial charge in [-0.1, -0.05) is 93.6 Å². The third kappa shape index (κ3) is 4.29. The van der Waals surface area contributed by atoms with Gasteiger partial charge in [0.1, 0.15) is 11.3 Å². The van der Waals surface area contributed by atoms with Gasteiger partial charge in [0.05, 0.1) is 0 Å². The number of benzene rings is 3. The molecule has 0 aliphatic carbocycles. The molecule has 3 aromatic carbocycles. The van der Waals surface area contributed by atoms with Crippen molar-refractivity contribution in [2.45, 2.75) is 26.2 Å². The molecule has 0 fully saturated rings. The lowest BCUT2D eigenvalue weighted by Gasteiger charge is -2.27. The Morgan fingerprint density at radius 3 is 1.78 bits per heavy atom. The molecule has 0 spiro atoms. The van der Waals surface area contributed by atoms with Crippen LogP contribution in [0.2, 0.25) is 0 Å². The van der Waals surface area contributed by atoms with Crippen molar-refractivity contribution in [1.29, 1.82) is 0 Å². The minimum atomic E-state index is -1.65. The second-order valence-electron chi connectivity index (χ2n) is 7.40. The molecule has 0 saturated heterocycles. The van der Waals surface area contributed by atoms with E-state index in [0.717, 1.165) is 15.9 Å². The van der Waals surface area contributed by atoms with E-state index in [1.54, 1.807) is 12.1 Å². The predicted octanol–water partition coefficient (Wildman–Crippen LogP) is 3.87. The number of para-hydroxylation sites is 1. The van der Waals surface area contributed by atoms with Crippen LogP contribution in [0.1, 0.15) is 36.7 Å². The first kappa shape index (κ1) is 18.9. The molecular weight excluding hydrogens is 352 g/mol. The van der Waals surface area contributed by atoms with Crippen LogP contribution in [0, 0.1) is 0 Å². The molecule has 0 aromatic heterocycles. The van der Waals surface area contributed by atoms with Crippen LogP contribution < -0.4 is 14.8 Å². The van der Waals surface area contributed by atoms with Gasteiger partial charge in [-0.2, -0.15) is 0 Å². The molecule has 0 aliphatic heterocycles. The Labute approximate surface area is 162 Å². The fourth-order valence-corrected chi connectivity index (χ4v) is 4.96. The molecule has 0 saturated carbocycles. The molecule has 0 aliphatic rings. The van der Waals surface area contributed by atoms with Crippen LogP contribution in [0.3, 0.4) is 0 Å². The summed E-state index contributed by atoms with van der Waals surface area (Å²) in [7, 11) is -1.65. The van der Waals surface area contributed by atoms with E-state index in [4.69, 9.17) is 4.43 Å². The van der Waals surface area contributed by atoms with Crippen molar-refractivity contribution in [3.8, 4) is 5.75 Å². The van der Waals surface area contributed by atoms with Crippen LogP contribution in [0.4, 0.5) is 0 Å². The predicted molar refractivity (Wildman–Crippen MR) is 111 cm³/mol. The molecule has 1 N–H and O–H groups in total. The Morgan fingerprint density at radius 1 is 0.815 bits per heavy atom. The summed E-state index contributed by atoms with van der Waals surface area (Å²) >= 11 is 0. The minimum Gasteiger partial charge on any atom is -0.532 e. The van der Waals surface area contributed by atoms with Gasteiger partial charge < -0.3 is 9.53 Å². The van der Waals surface area contributed by atoms with Crippen LogP contribution in [0.25, 0.3) is 0 Å². The van der Waals surface area contributed by atoms with E-state index in [0.29, 0.717) is 5.75 Å². The normalized spacial score (nSPS) is 11.4. The second-order valence-corrected chi connectivity index (χ2v) is 9.42. The van der Waals surface area contributed by atoms with Gasteiger partial charge in [0.15, 0.2) is 0 Å². The topological polar surface area (TPSA) is 46.5 Å². The number of hydrogen-bond acceptors (Lipinski definition) is 2. The van der Waals surface area contributed by atoms with Gasteiger partial charge >= 0.3 is 15.0 Å². The molecule has 0 heterocycles. The molecule has 3 nitrogen and oxygen atoms in total. The van der Waals surface area contributed by atoms with Crippen LogP contribution in [0.15, 0.2) is 78.9 Å². The highest BCUT2D eigenvalue weighted by atomic mass is 28.3. The summed E-state index contributed by atoms with van der Waals surface area (Å²) in [5.74, 6) is -0.502. The molecule has 3 aromatic rings. The lowest BCUT2D eigenvalue weighted by Crippen LogP contribution is -2.48. The molecular formula is C23H23O3Si. The molecule has 3 rings (SSSR count).